The van der Waals surface area contributed by atoms with Gasteiger partial charge in [-0.25, -0.2) is 0 Å². The first-order valence-electron chi connectivity index (χ1n) is 8.47. The monoisotopic (exact) mass is 367 g/mol. The molecule has 0 N–H and O–H groups in total. The van der Waals surface area contributed by atoms with Crippen molar-refractivity contribution in [1.29, 1.82) is 0 Å². The van der Waals surface area contributed by atoms with Crippen LogP contribution in [0.25, 0.3) is 0 Å². The molecule has 0 spiro atoms. The number of hydrogen-bond donors (Lipinski definition) is 0. The first-order chi connectivity index (χ1) is 12.9. The van der Waals surface area contributed by atoms with Crippen LogP contribution in [0.4, 0.5) is 0 Å². The Balaban J connectivity index is 2.30. The minimum Gasteiger partial charge on any atom is -0.466 e. The number of nitrogens with zero attached hydrogens (tertiary/aromatic N) is 1. The molecule has 1 unspecified atom stereocenters. The molecule has 3 rings (SSSR count). The van der Waals surface area contributed by atoms with Gasteiger partial charge in [-0.2, -0.15) is 0 Å². The van der Waals surface area contributed by atoms with Gasteiger partial charge in [0.2, 0.25) is 6.54 Å². The summed E-state index contributed by atoms with van der Waals surface area (Å²) in [5, 5.41) is 11.3. The Kier molecular flexibility index (Phi) is 4.85. The van der Waals surface area contributed by atoms with Gasteiger partial charge >= 0.3 is 5.97 Å². The third-order valence-electron chi connectivity index (χ3n) is 4.79. The summed E-state index contributed by atoms with van der Waals surface area (Å²) in [5.41, 5.74) is -1.45. The van der Waals surface area contributed by atoms with Crippen LogP contribution in [0.15, 0.2) is 54.6 Å². The van der Waals surface area contributed by atoms with Crippen molar-refractivity contribution in [2.24, 2.45) is 5.92 Å². The molecule has 0 heterocycles. The lowest BCUT2D eigenvalue weighted by atomic mass is 9.66. The lowest BCUT2D eigenvalue weighted by molar-refractivity contribution is -0.487. The second-order valence-electron chi connectivity index (χ2n) is 6.20. The van der Waals surface area contributed by atoms with Crippen molar-refractivity contribution < 1.29 is 24.0 Å². The van der Waals surface area contributed by atoms with E-state index in [4.69, 9.17) is 4.74 Å². The van der Waals surface area contributed by atoms with Gasteiger partial charge in [0.25, 0.3) is 0 Å². The highest BCUT2D eigenvalue weighted by Gasteiger charge is 2.63. The van der Waals surface area contributed by atoms with E-state index in [1.54, 1.807) is 37.3 Å². The standard InChI is InChI=1S/C20H17NO6/c1-2-27-19(24)16(12-21(25)26)20(13-8-4-3-5-9-13)17(22)14-10-6-7-11-15(14)18(20)23/h3-11,16H,2,12H2,1H3. The predicted molar refractivity (Wildman–Crippen MR) is 95.2 cm³/mol. The zero-order valence-electron chi connectivity index (χ0n) is 14.6. The fourth-order valence-electron chi connectivity index (χ4n) is 3.67. The lowest BCUT2D eigenvalue weighted by Gasteiger charge is -2.31. The molecule has 2 aromatic rings. The molecule has 1 aliphatic carbocycles. The second-order valence-corrected chi connectivity index (χ2v) is 6.20. The maximum Gasteiger partial charge on any atom is 0.317 e. The van der Waals surface area contributed by atoms with E-state index in [1.165, 1.54) is 24.3 Å². The molecule has 0 amide bonds. The van der Waals surface area contributed by atoms with Crippen molar-refractivity contribution >= 4 is 17.5 Å². The number of carbonyl (C=O) groups excluding carboxylic acids is 3. The first-order valence-corrected chi connectivity index (χ1v) is 8.47. The maximum absolute atomic E-state index is 13.4. The number of carbonyl (C=O) groups is 3. The van der Waals surface area contributed by atoms with Gasteiger partial charge < -0.3 is 4.74 Å². The van der Waals surface area contributed by atoms with Crippen LogP contribution in [0.1, 0.15) is 33.2 Å². The topological polar surface area (TPSA) is 104 Å². The summed E-state index contributed by atoms with van der Waals surface area (Å²) in [4.78, 5) is 50.1. The van der Waals surface area contributed by atoms with E-state index in [1.807, 2.05) is 0 Å². The number of ketones is 2. The van der Waals surface area contributed by atoms with Gasteiger partial charge in [-0.05, 0) is 12.5 Å². The molecule has 7 heteroatoms. The largest absolute Gasteiger partial charge is 0.466 e. The smallest absolute Gasteiger partial charge is 0.317 e. The molecule has 0 aliphatic heterocycles. The SMILES string of the molecule is CCOC(=O)C(C[N+](=O)[O-])C1(c2ccccc2)C(=O)c2ccccc2C1=O. The highest BCUT2D eigenvalue weighted by Crippen LogP contribution is 2.45. The van der Waals surface area contributed by atoms with Crippen molar-refractivity contribution in [1.82, 2.24) is 0 Å². The van der Waals surface area contributed by atoms with Crippen molar-refractivity contribution in [2.45, 2.75) is 12.3 Å². The number of hydrogen-bond acceptors (Lipinski definition) is 6. The van der Waals surface area contributed by atoms with Crippen LogP contribution in [0.2, 0.25) is 0 Å². The summed E-state index contributed by atoms with van der Waals surface area (Å²) in [7, 11) is 0. The Labute approximate surface area is 155 Å². The summed E-state index contributed by atoms with van der Waals surface area (Å²) >= 11 is 0. The van der Waals surface area contributed by atoms with Gasteiger partial charge in [-0.1, -0.05) is 54.6 Å². The predicted octanol–water partition coefficient (Wildman–Crippen LogP) is 2.46. The number of benzene rings is 2. The van der Waals surface area contributed by atoms with Crippen LogP contribution < -0.4 is 0 Å². The molecule has 0 bridgehead atoms. The summed E-state index contributed by atoms with van der Waals surface area (Å²) in [5.74, 6) is -3.74. The van der Waals surface area contributed by atoms with E-state index in [-0.39, 0.29) is 23.3 Å². The van der Waals surface area contributed by atoms with Gasteiger partial charge in [-0.3, -0.25) is 24.5 Å². The van der Waals surface area contributed by atoms with Gasteiger partial charge in [0.15, 0.2) is 11.6 Å². The van der Waals surface area contributed by atoms with E-state index in [0.717, 1.165) is 0 Å². The zero-order chi connectivity index (χ0) is 19.6. The van der Waals surface area contributed by atoms with Crippen molar-refractivity contribution in [2.75, 3.05) is 13.2 Å². The van der Waals surface area contributed by atoms with Crippen LogP contribution in [-0.4, -0.2) is 35.6 Å². The van der Waals surface area contributed by atoms with E-state index in [9.17, 15) is 24.5 Å². The average molecular weight is 367 g/mol. The van der Waals surface area contributed by atoms with E-state index in [0.29, 0.717) is 0 Å². The molecule has 138 valence electrons. The summed E-state index contributed by atoms with van der Waals surface area (Å²) in [6.07, 6.45) is 0. The third kappa shape index (κ3) is 2.81. The Morgan fingerprint density at radius 1 is 1.04 bits per heavy atom. The minimum atomic E-state index is -2.01. The van der Waals surface area contributed by atoms with Gasteiger partial charge in [0.05, 0.1) is 6.61 Å². The average Bonchev–Trinajstić information content (AvgIpc) is 2.89. The Morgan fingerprint density at radius 3 is 2.04 bits per heavy atom. The molecular weight excluding hydrogens is 350 g/mol. The lowest BCUT2D eigenvalue weighted by Crippen LogP contribution is -2.52. The number of nitro groups is 1. The second kappa shape index (κ2) is 7.11. The molecule has 27 heavy (non-hydrogen) atoms. The molecule has 2 aromatic carbocycles. The van der Waals surface area contributed by atoms with Gasteiger partial charge in [0, 0.05) is 16.1 Å². The molecule has 1 aliphatic rings. The van der Waals surface area contributed by atoms with Gasteiger partial charge in [-0.15, -0.1) is 0 Å². The van der Waals surface area contributed by atoms with Crippen molar-refractivity contribution in [3.8, 4) is 0 Å². The van der Waals surface area contributed by atoms with E-state index in [2.05, 4.69) is 0 Å². The van der Waals surface area contributed by atoms with Crippen LogP contribution in [0, 0.1) is 16.0 Å². The fourth-order valence-corrected chi connectivity index (χ4v) is 3.67. The Hall–Kier alpha value is -3.35. The Morgan fingerprint density at radius 2 is 1.56 bits per heavy atom. The number of fused-ring (bicyclic) bond motifs is 1. The Bertz CT molecular complexity index is 886. The van der Waals surface area contributed by atoms with Crippen LogP contribution in [0.3, 0.4) is 0 Å². The minimum absolute atomic E-state index is 0.0206. The normalized spacial score (nSPS) is 15.9. The first kappa shape index (κ1) is 18.4. The zero-order valence-corrected chi connectivity index (χ0v) is 14.6. The molecule has 1 atom stereocenters. The number of esters is 1. The fraction of sp³-hybridized carbons (Fsp3) is 0.250. The molecule has 7 nitrogen and oxygen atoms in total. The molecule has 0 radical (unpaired) electrons. The summed E-state index contributed by atoms with van der Waals surface area (Å²) < 4.78 is 5.01. The van der Waals surface area contributed by atoms with Crippen LogP contribution in [-0.2, 0) is 14.9 Å². The van der Waals surface area contributed by atoms with Crippen molar-refractivity contribution in [3.63, 3.8) is 0 Å². The maximum atomic E-state index is 13.4. The quantitative estimate of drug-likeness (QED) is 0.336. The molecule has 0 fully saturated rings. The summed E-state index contributed by atoms with van der Waals surface area (Å²) in [6, 6.07) is 14.2. The number of ether oxygens (including phenoxy) is 1. The van der Waals surface area contributed by atoms with E-state index >= 15 is 0 Å². The van der Waals surface area contributed by atoms with Crippen LogP contribution in [0.5, 0.6) is 0 Å². The highest BCUT2D eigenvalue weighted by atomic mass is 16.6. The summed E-state index contributed by atoms with van der Waals surface area (Å²) in [6.45, 7) is 0.649. The highest BCUT2D eigenvalue weighted by molar-refractivity contribution is 6.34. The van der Waals surface area contributed by atoms with Crippen molar-refractivity contribution in [3.05, 3.63) is 81.4 Å². The molecular formula is C20H17NO6. The van der Waals surface area contributed by atoms with Crippen LogP contribution >= 0.6 is 0 Å². The molecule has 0 saturated carbocycles. The number of Topliss-reactive ketones (excluding diaryl/α,β-unsaturated/α-hetero) is 2. The number of rotatable bonds is 6. The molecule has 0 saturated heterocycles. The van der Waals surface area contributed by atoms with Gasteiger partial charge in [0.1, 0.15) is 11.3 Å². The molecule has 0 aromatic heterocycles. The van der Waals surface area contributed by atoms with E-state index < -0.39 is 40.3 Å². The third-order valence-corrected chi connectivity index (χ3v) is 4.79.